The highest BCUT2D eigenvalue weighted by atomic mass is 16.2. The number of anilines is 1. The van der Waals surface area contributed by atoms with Gasteiger partial charge in [-0.05, 0) is 55.2 Å². The van der Waals surface area contributed by atoms with Crippen LogP contribution < -0.4 is 5.32 Å². The molecule has 0 spiro atoms. The predicted octanol–water partition coefficient (Wildman–Crippen LogP) is 3.53. The number of aryl methyl sites for hydroxylation is 1. The highest BCUT2D eigenvalue weighted by molar-refractivity contribution is 5.95. The van der Waals surface area contributed by atoms with Crippen molar-refractivity contribution in [2.75, 3.05) is 18.4 Å². The van der Waals surface area contributed by atoms with E-state index in [2.05, 4.69) is 27.4 Å². The lowest BCUT2D eigenvalue weighted by atomic mass is 9.96. The molecule has 7 heteroatoms. The quantitative estimate of drug-likeness (QED) is 0.682. The van der Waals surface area contributed by atoms with E-state index in [9.17, 15) is 9.59 Å². The summed E-state index contributed by atoms with van der Waals surface area (Å²) >= 11 is 0. The fourth-order valence-electron chi connectivity index (χ4n) is 3.75. The van der Waals surface area contributed by atoms with Gasteiger partial charge in [0.1, 0.15) is 5.69 Å². The largest absolute Gasteiger partial charge is 0.337 e. The standard InChI is InChI=1S/C23H25N5O2/c1-2-16-6-3-9-19(12-16)25-22(29)18-8-5-11-28(15-18)23(30)21-13-20(26-27-21)17-7-4-10-24-14-17/h3-4,6-7,9-10,12-14,18H,2,5,8,11,15H2,1H3,(H,25,29)(H,26,27). The molecule has 1 aliphatic rings. The number of aromatic nitrogens is 3. The predicted molar refractivity (Wildman–Crippen MR) is 115 cm³/mol. The molecule has 1 unspecified atom stereocenters. The second-order valence-corrected chi connectivity index (χ2v) is 7.54. The summed E-state index contributed by atoms with van der Waals surface area (Å²) in [7, 11) is 0. The highest BCUT2D eigenvalue weighted by Gasteiger charge is 2.29. The van der Waals surface area contributed by atoms with Crippen LogP contribution in [0.1, 0.15) is 35.8 Å². The third-order valence-electron chi connectivity index (χ3n) is 5.45. The van der Waals surface area contributed by atoms with Crippen molar-refractivity contribution in [1.29, 1.82) is 0 Å². The zero-order valence-corrected chi connectivity index (χ0v) is 17.0. The van der Waals surface area contributed by atoms with Crippen molar-refractivity contribution < 1.29 is 9.59 Å². The second kappa shape index (κ2) is 8.90. The van der Waals surface area contributed by atoms with Crippen LogP contribution in [0.25, 0.3) is 11.3 Å². The minimum atomic E-state index is -0.228. The topological polar surface area (TPSA) is 91.0 Å². The van der Waals surface area contributed by atoms with Crippen molar-refractivity contribution in [3.8, 4) is 11.3 Å². The van der Waals surface area contributed by atoms with Crippen LogP contribution in [0, 0.1) is 5.92 Å². The maximum atomic E-state index is 13.0. The Morgan fingerprint density at radius 2 is 2.13 bits per heavy atom. The number of piperidine rings is 1. The first-order valence-corrected chi connectivity index (χ1v) is 10.3. The number of aromatic amines is 1. The van der Waals surface area contributed by atoms with Crippen LogP contribution in [0.15, 0.2) is 54.9 Å². The van der Waals surface area contributed by atoms with Crippen LogP contribution in [-0.2, 0) is 11.2 Å². The molecule has 4 rings (SSSR count). The van der Waals surface area contributed by atoms with E-state index in [1.54, 1.807) is 23.4 Å². The third kappa shape index (κ3) is 4.40. The number of amides is 2. The third-order valence-corrected chi connectivity index (χ3v) is 5.45. The number of pyridine rings is 1. The first-order chi connectivity index (χ1) is 14.6. The van der Waals surface area contributed by atoms with E-state index >= 15 is 0 Å². The Labute approximate surface area is 175 Å². The van der Waals surface area contributed by atoms with Gasteiger partial charge in [-0.15, -0.1) is 0 Å². The maximum Gasteiger partial charge on any atom is 0.271 e. The van der Waals surface area contributed by atoms with Gasteiger partial charge >= 0.3 is 0 Å². The smallest absolute Gasteiger partial charge is 0.271 e. The van der Waals surface area contributed by atoms with Gasteiger partial charge in [0, 0.05) is 36.7 Å². The first-order valence-electron chi connectivity index (χ1n) is 10.3. The lowest BCUT2D eigenvalue weighted by Crippen LogP contribution is -2.43. The molecule has 30 heavy (non-hydrogen) atoms. The van der Waals surface area contributed by atoms with E-state index in [4.69, 9.17) is 0 Å². The Morgan fingerprint density at radius 1 is 1.23 bits per heavy atom. The van der Waals surface area contributed by atoms with Crippen LogP contribution in [0.5, 0.6) is 0 Å². The Morgan fingerprint density at radius 3 is 2.93 bits per heavy atom. The Bertz CT molecular complexity index is 1030. The molecule has 0 radical (unpaired) electrons. The molecule has 1 aliphatic heterocycles. The lowest BCUT2D eigenvalue weighted by Gasteiger charge is -2.31. The Hall–Kier alpha value is -3.48. The minimum absolute atomic E-state index is 0.0404. The molecule has 2 amide bonds. The zero-order valence-electron chi connectivity index (χ0n) is 17.0. The number of nitrogens with zero attached hydrogens (tertiary/aromatic N) is 3. The van der Waals surface area contributed by atoms with Crippen LogP contribution in [0.4, 0.5) is 5.69 Å². The van der Waals surface area contributed by atoms with Crippen LogP contribution in [-0.4, -0.2) is 45.0 Å². The normalized spacial score (nSPS) is 16.3. The Balaban J connectivity index is 1.41. The molecule has 7 nitrogen and oxygen atoms in total. The number of nitrogens with one attached hydrogen (secondary N) is 2. The first kappa shape index (κ1) is 19.8. The SMILES string of the molecule is CCc1cccc(NC(=O)C2CCCN(C(=O)c3cc(-c4cccnc4)n[nH]3)C2)c1. The van der Waals surface area contributed by atoms with Gasteiger partial charge in [-0.1, -0.05) is 19.1 Å². The lowest BCUT2D eigenvalue weighted by molar-refractivity contribution is -0.121. The fraction of sp³-hybridized carbons (Fsp3) is 0.304. The zero-order chi connectivity index (χ0) is 20.9. The van der Waals surface area contributed by atoms with Crippen molar-refractivity contribution in [3.63, 3.8) is 0 Å². The van der Waals surface area contributed by atoms with Gasteiger partial charge in [-0.25, -0.2) is 0 Å². The van der Waals surface area contributed by atoms with Crippen molar-refractivity contribution >= 4 is 17.5 Å². The van der Waals surface area contributed by atoms with Crippen molar-refractivity contribution in [2.45, 2.75) is 26.2 Å². The van der Waals surface area contributed by atoms with Crippen molar-refractivity contribution in [3.05, 3.63) is 66.1 Å². The minimum Gasteiger partial charge on any atom is -0.337 e. The average molecular weight is 403 g/mol. The van der Waals surface area contributed by atoms with E-state index < -0.39 is 0 Å². The van der Waals surface area contributed by atoms with Crippen LogP contribution >= 0.6 is 0 Å². The van der Waals surface area contributed by atoms with Gasteiger partial charge in [0.05, 0.1) is 11.6 Å². The summed E-state index contributed by atoms with van der Waals surface area (Å²) in [5, 5.41) is 10.1. The molecule has 3 heterocycles. The number of hydrogen-bond acceptors (Lipinski definition) is 4. The summed E-state index contributed by atoms with van der Waals surface area (Å²) in [4.78, 5) is 31.6. The summed E-state index contributed by atoms with van der Waals surface area (Å²) < 4.78 is 0. The number of H-pyrrole nitrogens is 1. The molecule has 1 atom stereocenters. The van der Waals surface area contributed by atoms with Gasteiger partial charge < -0.3 is 10.2 Å². The van der Waals surface area contributed by atoms with E-state index in [1.807, 2.05) is 36.4 Å². The second-order valence-electron chi connectivity index (χ2n) is 7.54. The van der Waals surface area contributed by atoms with Crippen molar-refractivity contribution in [2.24, 2.45) is 5.92 Å². The molecule has 1 aromatic carbocycles. The summed E-state index contributed by atoms with van der Waals surface area (Å²) in [6.45, 7) is 3.12. The van der Waals surface area contributed by atoms with Gasteiger partial charge in [0.2, 0.25) is 5.91 Å². The molecule has 1 saturated heterocycles. The molecule has 0 saturated carbocycles. The molecule has 3 aromatic rings. The summed E-state index contributed by atoms with van der Waals surface area (Å²) in [6.07, 6.45) is 5.88. The molecule has 0 bridgehead atoms. The number of rotatable bonds is 5. The summed E-state index contributed by atoms with van der Waals surface area (Å²) in [6, 6.07) is 13.3. The summed E-state index contributed by atoms with van der Waals surface area (Å²) in [5.41, 5.74) is 3.92. The molecule has 2 aromatic heterocycles. The van der Waals surface area contributed by atoms with E-state index in [0.717, 1.165) is 30.5 Å². The number of carbonyl (C=O) groups excluding carboxylic acids is 2. The number of likely N-dealkylation sites (tertiary alicyclic amines) is 1. The van der Waals surface area contributed by atoms with Gasteiger partial charge in [0.25, 0.3) is 5.91 Å². The number of carbonyl (C=O) groups is 2. The van der Waals surface area contributed by atoms with Gasteiger partial charge in [-0.3, -0.25) is 19.7 Å². The number of benzene rings is 1. The van der Waals surface area contributed by atoms with E-state index in [1.165, 1.54) is 5.56 Å². The highest BCUT2D eigenvalue weighted by Crippen LogP contribution is 2.22. The van der Waals surface area contributed by atoms with E-state index in [-0.39, 0.29) is 17.7 Å². The fourth-order valence-corrected chi connectivity index (χ4v) is 3.75. The summed E-state index contributed by atoms with van der Waals surface area (Å²) in [5.74, 6) is -0.404. The van der Waals surface area contributed by atoms with Gasteiger partial charge in [0.15, 0.2) is 0 Å². The van der Waals surface area contributed by atoms with Gasteiger partial charge in [-0.2, -0.15) is 5.10 Å². The maximum absolute atomic E-state index is 13.0. The number of hydrogen-bond donors (Lipinski definition) is 2. The molecule has 154 valence electrons. The van der Waals surface area contributed by atoms with Crippen LogP contribution in [0.3, 0.4) is 0 Å². The average Bonchev–Trinajstić information content (AvgIpc) is 3.30. The molecule has 0 aliphatic carbocycles. The molecule has 1 fully saturated rings. The Kier molecular flexibility index (Phi) is 5.88. The van der Waals surface area contributed by atoms with Crippen molar-refractivity contribution in [1.82, 2.24) is 20.1 Å². The molecule has 2 N–H and O–H groups in total. The van der Waals surface area contributed by atoms with Crippen LogP contribution in [0.2, 0.25) is 0 Å². The molecular formula is C23H25N5O2. The molecular weight excluding hydrogens is 378 g/mol. The monoisotopic (exact) mass is 403 g/mol. The van der Waals surface area contributed by atoms with E-state index in [0.29, 0.717) is 24.5 Å².